The third-order valence-electron chi connectivity index (χ3n) is 3.10. The fourth-order valence-corrected chi connectivity index (χ4v) is 2.14. The van der Waals surface area contributed by atoms with E-state index in [4.69, 9.17) is 0 Å². The molecule has 122 valence electrons. The first kappa shape index (κ1) is 24.8. The van der Waals surface area contributed by atoms with Gasteiger partial charge in [0.05, 0.1) is 0 Å². The van der Waals surface area contributed by atoms with Gasteiger partial charge in [-0.3, -0.25) is 0 Å². The Bertz CT molecular complexity index is 641. The van der Waals surface area contributed by atoms with E-state index in [1.54, 1.807) is 0 Å². The Kier molecular flexibility index (Phi) is 14.5. The molecule has 2 radical (unpaired) electrons. The third-order valence-corrected chi connectivity index (χ3v) is 3.10. The summed E-state index contributed by atoms with van der Waals surface area (Å²) >= 11 is 0. The molecule has 0 atom stereocenters. The van der Waals surface area contributed by atoms with Gasteiger partial charge in [0.2, 0.25) is 0 Å². The van der Waals surface area contributed by atoms with Crippen molar-refractivity contribution in [1.82, 2.24) is 0 Å². The van der Waals surface area contributed by atoms with Crippen molar-refractivity contribution in [2.45, 2.75) is 13.1 Å². The van der Waals surface area contributed by atoms with Crippen molar-refractivity contribution in [1.29, 1.82) is 0 Å². The number of benzene rings is 2. The molecule has 0 spiro atoms. The fraction of sp³-hybridized carbons (Fsp3) is 0.0909. The predicted octanol–water partition coefficient (Wildman–Crippen LogP) is 6.80. The van der Waals surface area contributed by atoms with Crippen LogP contribution in [0.4, 0.5) is 0 Å². The average molecular weight is 366 g/mol. The average Bonchev–Trinajstić information content (AvgIpc) is 3.17. The van der Waals surface area contributed by atoms with Gasteiger partial charge >= 0.3 is 21.7 Å². The van der Waals surface area contributed by atoms with Crippen molar-refractivity contribution in [2.24, 2.45) is 0 Å². The third kappa shape index (κ3) is 7.44. The summed E-state index contributed by atoms with van der Waals surface area (Å²) in [5.74, 6) is 0. The molecule has 4 aromatic carbocycles. The first-order valence-electron chi connectivity index (χ1n) is 7.14. The predicted molar refractivity (Wildman–Crippen MR) is 109 cm³/mol. The number of rotatable bonds is 0. The van der Waals surface area contributed by atoms with Gasteiger partial charge in [0, 0.05) is 9.52 Å². The molecule has 0 fully saturated rings. The van der Waals surface area contributed by atoms with E-state index in [0.29, 0.717) is 0 Å². The number of fused-ring (bicyclic) bond motifs is 2. The second kappa shape index (κ2) is 14.0. The minimum atomic E-state index is 0. The quantitative estimate of drug-likeness (QED) is 0.237. The van der Waals surface area contributed by atoms with Crippen LogP contribution in [-0.4, -0.2) is 9.52 Å². The number of hydrogen-bond donors (Lipinski definition) is 0. The van der Waals surface area contributed by atoms with Gasteiger partial charge in [0.25, 0.3) is 0 Å². The normalized spacial score (nSPS) is 8.42. The minimum absolute atomic E-state index is 0. The summed E-state index contributed by atoms with van der Waals surface area (Å²) in [6.07, 6.45) is 0. The molecule has 24 heavy (non-hydrogen) atoms. The topological polar surface area (TPSA) is 0 Å². The Balaban J connectivity index is 0. The van der Waals surface area contributed by atoms with Crippen LogP contribution in [0.1, 0.15) is 0 Å². The van der Waals surface area contributed by atoms with Crippen LogP contribution in [0.3, 0.4) is 0 Å². The summed E-state index contributed by atoms with van der Waals surface area (Å²) in [5, 5.41) is 5.32. The van der Waals surface area contributed by atoms with Crippen LogP contribution in [0.25, 0.3) is 21.5 Å². The van der Waals surface area contributed by atoms with Crippen molar-refractivity contribution in [2.75, 3.05) is 0 Å². The van der Waals surface area contributed by atoms with E-state index in [1.807, 2.05) is 0 Å². The second-order valence-corrected chi connectivity index (χ2v) is 5.81. The van der Waals surface area contributed by atoms with Gasteiger partial charge in [-0.2, -0.15) is 35.0 Å². The van der Waals surface area contributed by atoms with Crippen molar-refractivity contribution in [3.05, 3.63) is 99.8 Å². The second-order valence-electron chi connectivity index (χ2n) is 4.81. The van der Waals surface area contributed by atoms with E-state index in [9.17, 15) is 0 Å². The van der Waals surface area contributed by atoms with Gasteiger partial charge in [0.15, 0.2) is 0 Å². The maximum absolute atomic E-state index is 2.15. The monoisotopic (exact) mass is 366 g/mol. The van der Waals surface area contributed by atoms with E-state index < -0.39 is 0 Å². The zero-order valence-corrected chi connectivity index (χ0v) is 17.6. The Hall–Kier alpha value is -1.41. The van der Waals surface area contributed by atoms with Crippen molar-refractivity contribution in [3.8, 4) is 0 Å². The van der Waals surface area contributed by atoms with Crippen LogP contribution in [-0.2, 0) is 21.7 Å². The molecule has 2 heteroatoms. The maximum Gasteiger partial charge on any atom is 4.00 e. The van der Waals surface area contributed by atoms with E-state index in [-0.39, 0.29) is 36.6 Å². The summed E-state index contributed by atoms with van der Waals surface area (Å²) in [6.45, 7) is 4.31. The summed E-state index contributed by atoms with van der Waals surface area (Å²) in [5.41, 5.74) is 0. The van der Waals surface area contributed by atoms with Crippen LogP contribution in [0, 0.1) is 14.9 Å². The maximum atomic E-state index is 2.15. The van der Waals surface area contributed by atoms with Crippen molar-refractivity contribution < 1.29 is 21.7 Å². The van der Waals surface area contributed by atoms with Crippen LogP contribution in [0.2, 0.25) is 13.1 Å². The molecule has 0 heterocycles. The van der Waals surface area contributed by atoms with Gasteiger partial charge in [-0.25, -0.2) is 0 Å². The molecule has 0 aliphatic heterocycles. The molecule has 0 saturated carbocycles. The molecule has 0 aromatic heterocycles. The molecule has 0 nitrogen and oxygen atoms in total. The molecular weight excluding hydrogens is 340 g/mol. The summed E-state index contributed by atoms with van der Waals surface area (Å²) < 4.78 is 0. The molecule has 0 aliphatic carbocycles. The molecule has 0 N–H and O–H groups in total. The standard InChI is InChI=1S/2C9H7.C2H6Si.2CH3.Ti/c2*1-2-5-9-7-3-6-8(9)4-1;1-3-2;;;/h2*1-7H;1-2H3;2*1H3;/q2*-1;;2*-1;+4. The summed E-state index contributed by atoms with van der Waals surface area (Å²) in [7, 11) is 1.08. The van der Waals surface area contributed by atoms with Crippen molar-refractivity contribution >= 4 is 31.1 Å². The van der Waals surface area contributed by atoms with Gasteiger partial charge in [0.1, 0.15) is 0 Å². The van der Waals surface area contributed by atoms with Crippen LogP contribution >= 0.6 is 0 Å². The number of hydrogen-bond acceptors (Lipinski definition) is 0. The first-order chi connectivity index (χ1) is 10.3. The van der Waals surface area contributed by atoms with Crippen LogP contribution in [0.5, 0.6) is 0 Å². The van der Waals surface area contributed by atoms with Gasteiger partial charge in [-0.1, -0.05) is 25.2 Å². The smallest absolute Gasteiger partial charge is 0.358 e. The van der Waals surface area contributed by atoms with E-state index >= 15 is 0 Å². The Morgan fingerprint density at radius 1 is 0.625 bits per heavy atom. The molecule has 0 saturated heterocycles. The van der Waals surface area contributed by atoms with Crippen LogP contribution in [0.15, 0.2) is 84.9 Å². The summed E-state index contributed by atoms with van der Waals surface area (Å²) in [6, 6.07) is 29.3. The zero-order valence-electron chi connectivity index (χ0n) is 15.1. The first-order valence-corrected chi connectivity index (χ1v) is 9.14. The van der Waals surface area contributed by atoms with E-state index in [1.165, 1.54) is 21.5 Å². The minimum Gasteiger partial charge on any atom is -0.358 e. The molecular formula is C22H26SiTi. The fourth-order valence-electron chi connectivity index (χ4n) is 2.14. The van der Waals surface area contributed by atoms with Gasteiger partial charge < -0.3 is 14.9 Å². The zero-order chi connectivity index (χ0) is 14.9. The van der Waals surface area contributed by atoms with E-state index in [2.05, 4.69) is 98.0 Å². The molecule has 4 rings (SSSR count). The largest absolute Gasteiger partial charge is 4.00 e. The van der Waals surface area contributed by atoms with Gasteiger partial charge in [-0.15, -0.1) is 59.3 Å². The molecule has 0 bridgehead atoms. The van der Waals surface area contributed by atoms with Crippen molar-refractivity contribution in [3.63, 3.8) is 0 Å². The molecule has 0 aliphatic rings. The Morgan fingerprint density at radius 3 is 1.29 bits per heavy atom. The molecule has 0 amide bonds. The molecule has 4 aromatic rings. The van der Waals surface area contributed by atoms with Gasteiger partial charge in [-0.05, 0) is 0 Å². The van der Waals surface area contributed by atoms with E-state index in [0.717, 1.165) is 9.52 Å². The Labute approximate surface area is 165 Å². The Morgan fingerprint density at radius 2 is 0.958 bits per heavy atom. The SMILES string of the molecule is C[Si]C.[CH3-].[CH3-].[Ti+4].c1ccc2[cH-]ccc2c1.c1ccc2[cH-]ccc2c1. The molecule has 0 unspecified atom stereocenters. The van der Waals surface area contributed by atoms with Crippen LogP contribution < -0.4 is 0 Å². The summed E-state index contributed by atoms with van der Waals surface area (Å²) in [4.78, 5) is 0.